The van der Waals surface area contributed by atoms with Crippen molar-refractivity contribution in [3.05, 3.63) is 35.4 Å². The number of benzene rings is 1. The molecule has 0 saturated carbocycles. The Balaban J connectivity index is 3.09. The number of aliphatic hydroxyl groups excluding tert-OH is 1. The minimum Gasteiger partial charge on any atom is -0.362 e. The minimum atomic E-state index is -4.56. The van der Waals surface area contributed by atoms with Crippen LogP contribution < -0.4 is 0 Å². The lowest BCUT2D eigenvalue weighted by Crippen LogP contribution is -2.20. The highest BCUT2D eigenvalue weighted by Gasteiger charge is 2.31. The number of carbonyl (C=O) groups excluding carboxylic acids is 1. The summed E-state index contributed by atoms with van der Waals surface area (Å²) in [6, 6.07) is 3.47. The molecule has 0 heterocycles. The molecule has 15 heavy (non-hydrogen) atoms. The number of ketones is 1. The highest BCUT2D eigenvalue weighted by atomic mass is 19.4. The predicted octanol–water partition coefficient (Wildman–Crippen LogP) is 1.20. The lowest BCUT2D eigenvalue weighted by Gasteiger charge is -2.08. The lowest BCUT2D eigenvalue weighted by atomic mass is 10.1. The first kappa shape index (κ1) is 11.7. The van der Waals surface area contributed by atoms with Crippen molar-refractivity contribution < 1.29 is 28.2 Å². The van der Waals surface area contributed by atoms with Crippen LogP contribution in [0.25, 0.3) is 0 Å². The van der Waals surface area contributed by atoms with E-state index in [0.717, 1.165) is 18.2 Å². The molecule has 0 aliphatic rings. The van der Waals surface area contributed by atoms with Crippen molar-refractivity contribution >= 4 is 5.78 Å². The zero-order valence-electron chi connectivity index (χ0n) is 7.32. The molecular weight excluding hydrogens is 213 g/mol. The third kappa shape index (κ3) is 2.77. The van der Waals surface area contributed by atoms with E-state index >= 15 is 0 Å². The van der Waals surface area contributed by atoms with E-state index in [-0.39, 0.29) is 5.56 Å². The number of alkyl halides is 3. The average Bonchev–Trinajstić information content (AvgIpc) is 2.15. The number of aliphatic hydroxyl groups is 2. The number of hydrogen-bond donors (Lipinski definition) is 2. The second kappa shape index (κ2) is 4.00. The highest BCUT2D eigenvalue weighted by Crippen LogP contribution is 2.29. The van der Waals surface area contributed by atoms with Crippen LogP contribution in [0.1, 0.15) is 15.9 Å². The number of Topliss-reactive ketones (excluding diaryl/α,β-unsaturated/α-hetero) is 1. The Morgan fingerprint density at radius 3 is 2.33 bits per heavy atom. The predicted molar refractivity (Wildman–Crippen MR) is 44.0 cm³/mol. The Morgan fingerprint density at radius 2 is 1.87 bits per heavy atom. The molecule has 0 amide bonds. The highest BCUT2D eigenvalue weighted by molar-refractivity contribution is 5.98. The third-order valence-electron chi connectivity index (χ3n) is 1.71. The normalized spacial score (nSPS) is 11.9. The molecule has 82 valence electrons. The van der Waals surface area contributed by atoms with E-state index in [0.29, 0.717) is 6.07 Å². The molecule has 0 aromatic heterocycles. The molecule has 0 spiro atoms. The van der Waals surface area contributed by atoms with Crippen LogP contribution in [0.2, 0.25) is 0 Å². The van der Waals surface area contributed by atoms with Gasteiger partial charge in [0.15, 0.2) is 0 Å². The van der Waals surface area contributed by atoms with Gasteiger partial charge < -0.3 is 10.2 Å². The summed E-state index contributed by atoms with van der Waals surface area (Å²) in [7, 11) is 0. The molecule has 0 aliphatic heterocycles. The molecule has 3 nitrogen and oxygen atoms in total. The molecule has 1 aromatic carbocycles. The maximum Gasteiger partial charge on any atom is 0.416 e. The van der Waals surface area contributed by atoms with Crippen molar-refractivity contribution in [2.45, 2.75) is 12.5 Å². The molecule has 0 saturated heterocycles. The summed E-state index contributed by atoms with van der Waals surface area (Å²) < 4.78 is 36.6. The molecule has 0 fully saturated rings. The Hall–Kier alpha value is -1.40. The van der Waals surface area contributed by atoms with Crippen molar-refractivity contribution in [2.75, 3.05) is 0 Å². The molecule has 0 atom stereocenters. The van der Waals surface area contributed by atoms with Crippen LogP contribution in [0.15, 0.2) is 24.3 Å². The first-order chi connectivity index (χ1) is 6.82. The zero-order chi connectivity index (χ0) is 11.6. The van der Waals surface area contributed by atoms with Gasteiger partial charge in [-0.05, 0) is 12.1 Å². The van der Waals surface area contributed by atoms with E-state index in [1.165, 1.54) is 0 Å². The van der Waals surface area contributed by atoms with Crippen LogP contribution in [-0.4, -0.2) is 22.3 Å². The molecule has 6 heteroatoms. The van der Waals surface area contributed by atoms with Crippen molar-refractivity contribution in [3.63, 3.8) is 0 Å². The van der Waals surface area contributed by atoms with Crippen LogP contribution in [0.3, 0.4) is 0 Å². The molecule has 0 radical (unpaired) electrons. The summed E-state index contributed by atoms with van der Waals surface area (Å²) in [6.45, 7) is 0. The largest absolute Gasteiger partial charge is 0.416 e. The Kier molecular flexibility index (Phi) is 3.11. The third-order valence-corrected chi connectivity index (χ3v) is 1.71. The standard InChI is InChI=1S/C9H7F3O3/c10-9(11,12)6-3-1-2-5(4-6)7(13)8(14)15/h1-4,8,14-15H. The van der Waals surface area contributed by atoms with Gasteiger partial charge in [0.05, 0.1) is 5.56 Å². The average molecular weight is 220 g/mol. The molecule has 2 N–H and O–H groups in total. The van der Waals surface area contributed by atoms with E-state index in [9.17, 15) is 18.0 Å². The summed E-state index contributed by atoms with van der Waals surface area (Å²) >= 11 is 0. The van der Waals surface area contributed by atoms with Gasteiger partial charge in [0, 0.05) is 5.56 Å². The summed E-state index contributed by atoms with van der Waals surface area (Å²) in [5.74, 6) is -1.17. The molecular formula is C9H7F3O3. The van der Waals surface area contributed by atoms with Crippen molar-refractivity contribution in [2.24, 2.45) is 0 Å². The van der Waals surface area contributed by atoms with Crippen LogP contribution in [0, 0.1) is 0 Å². The Labute approximate surface area is 82.8 Å². The Morgan fingerprint density at radius 1 is 1.27 bits per heavy atom. The van der Waals surface area contributed by atoms with Gasteiger partial charge in [-0.25, -0.2) is 0 Å². The lowest BCUT2D eigenvalue weighted by molar-refractivity contribution is -0.137. The van der Waals surface area contributed by atoms with Gasteiger partial charge in [0.25, 0.3) is 0 Å². The maximum atomic E-state index is 12.2. The zero-order valence-corrected chi connectivity index (χ0v) is 7.32. The van der Waals surface area contributed by atoms with Gasteiger partial charge in [-0.15, -0.1) is 0 Å². The number of halogens is 3. The summed E-state index contributed by atoms with van der Waals surface area (Å²) in [6.07, 6.45) is -6.86. The van der Waals surface area contributed by atoms with Gasteiger partial charge >= 0.3 is 6.18 Å². The van der Waals surface area contributed by atoms with Crippen molar-refractivity contribution in [1.29, 1.82) is 0 Å². The van der Waals surface area contributed by atoms with Crippen LogP contribution >= 0.6 is 0 Å². The first-order valence-electron chi connectivity index (χ1n) is 3.90. The fourth-order valence-corrected chi connectivity index (χ4v) is 0.998. The molecule has 0 bridgehead atoms. The summed E-state index contributed by atoms with van der Waals surface area (Å²) in [5.41, 5.74) is -1.39. The van der Waals surface area contributed by atoms with E-state index in [4.69, 9.17) is 10.2 Å². The monoisotopic (exact) mass is 220 g/mol. The Bertz CT molecular complexity index is 371. The van der Waals surface area contributed by atoms with Gasteiger partial charge in [-0.3, -0.25) is 4.79 Å². The van der Waals surface area contributed by atoms with E-state index in [2.05, 4.69) is 0 Å². The summed E-state index contributed by atoms with van der Waals surface area (Å²) in [4.78, 5) is 11.0. The molecule has 1 rings (SSSR count). The van der Waals surface area contributed by atoms with Crippen LogP contribution in [0.5, 0.6) is 0 Å². The second-order valence-electron chi connectivity index (χ2n) is 2.82. The van der Waals surface area contributed by atoms with Gasteiger partial charge in [-0.1, -0.05) is 12.1 Å². The maximum absolute atomic E-state index is 12.2. The van der Waals surface area contributed by atoms with E-state index < -0.39 is 23.8 Å². The van der Waals surface area contributed by atoms with Crippen molar-refractivity contribution in [3.8, 4) is 0 Å². The fraction of sp³-hybridized carbons (Fsp3) is 0.222. The number of rotatable bonds is 2. The van der Waals surface area contributed by atoms with Crippen LogP contribution in [0.4, 0.5) is 13.2 Å². The quantitative estimate of drug-likeness (QED) is 0.581. The van der Waals surface area contributed by atoms with Crippen molar-refractivity contribution in [1.82, 2.24) is 0 Å². The van der Waals surface area contributed by atoms with Gasteiger partial charge in [0.1, 0.15) is 0 Å². The topological polar surface area (TPSA) is 57.5 Å². The fourth-order valence-electron chi connectivity index (χ4n) is 0.998. The smallest absolute Gasteiger partial charge is 0.362 e. The summed E-state index contributed by atoms with van der Waals surface area (Å²) in [5, 5.41) is 17.0. The SMILES string of the molecule is O=C(c1cccc(C(F)(F)F)c1)C(O)O. The second-order valence-corrected chi connectivity index (χ2v) is 2.82. The number of carbonyl (C=O) groups is 1. The van der Waals surface area contributed by atoms with E-state index in [1.54, 1.807) is 0 Å². The molecule has 0 aliphatic carbocycles. The van der Waals surface area contributed by atoms with E-state index in [1.807, 2.05) is 0 Å². The first-order valence-corrected chi connectivity index (χ1v) is 3.90. The van der Waals surface area contributed by atoms with Gasteiger partial charge in [-0.2, -0.15) is 13.2 Å². The minimum absolute atomic E-state index is 0.389. The number of hydrogen-bond acceptors (Lipinski definition) is 3. The van der Waals surface area contributed by atoms with Gasteiger partial charge in [0.2, 0.25) is 12.1 Å². The van der Waals surface area contributed by atoms with Crippen LogP contribution in [-0.2, 0) is 6.18 Å². The molecule has 0 unspecified atom stereocenters. The molecule has 1 aromatic rings.